The zero-order valence-corrected chi connectivity index (χ0v) is 11.4. The first-order valence-corrected chi connectivity index (χ1v) is 6.30. The molecular weight excluding hydrogens is 256 g/mol. The zero-order valence-electron chi connectivity index (χ0n) is 11.4. The number of hydrogen-bond donors (Lipinski definition) is 2. The van der Waals surface area contributed by atoms with Crippen LogP contribution in [0, 0.1) is 0 Å². The Morgan fingerprint density at radius 2 is 1.75 bits per heavy atom. The predicted molar refractivity (Wildman–Crippen MR) is 75.6 cm³/mol. The molecule has 2 aromatic carbocycles. The highest BCUT2D eigenvalue weighted by atomic mass is 16.5. The summed E-state index contributed by atoms with van der Waals surface area (Å²) in [5, 5.41) is 19.5. The third-order valence-electron chi connectivity index (χ3n) is 3.17. The van der Waals surface area contributed by atoms with Crippen molar-refractivity contribution in [1.29, 1.82) is 0 Å². The van der Waals surface area contributed by atoms with E-state index in [0.29, 0.717) is 23.3 Å². The number of ether oxygens (including phenoxy) is 1. The molecule has 20 heavy (non-hydrogen) atoms. The molecule has 0 aliphatic heterocycles. The van der Waals surface area contributed by atoms with Gasteiger partial charge in [0.15, 0.2) is 5.78 Å². The van der Waals surface area contributed by atoms with Crippen LogP contribution in [0.4, 0.5) is 0 Å². The van der Waals surface area contributed by atoms with Crippen molar-refractivity contribution in [3.8, 4) is 17.2 Å². The van der Waals surface area contributed by atoms with Crippen LogP contribution in [0.5, 0.6) is 17.2 Å². The van der Waals surface area contributed by atoms with Crippen molar-refractivity contribution in [3.63, 3.8) is 0 Å². The van der Waals surface area contributed by atoms with Crippen molar-refractivity contribution < 1.29 is 19.7 Å². The van der Waals surface area contributed by atoms with Crippen LogP contribution in [0.3, 0.4) is 0 Å². The molecular formula is C16H16O4. The second kappa shape index (κ2) is 5.65. The second-order valence-corrected chi connectivity index (χ2v) is 4.41. The SMILES string of the molecule is CCc1cc(C(=O)c2ccc(OC)cc2)c(O)cc1O. The molecule has 2 aromatic rings. The van der Waals surface area contributed by atoms with Gasteiger partial charge in [-0.05, 0) is 42.3 Å². The zero-order chi connectivity index (χ0) is 14.7. The lowest BCUT2D eigenvalue weighted by Crippen LogP contribution is -2.03. The number of aryl methyl sites for hydroxylation is 1. The van der Waals surface area contributed by atoms with E-state index in [1.54, 1.807) is 31.4 Å². The lowest BCUT2D eigenvalue weighted by Gasteiger charge is -2.09. The molecule has 0 unspecified atom stereocenters. The minimum absolute atomic E-state index is 0.00344. The molecule has 0 aliphatic rings. The fraction of sp³-hybridized carbons (Fsp3) is 0.188. The number of hydrogen-bond acceptors (Lipinski definition) is 4. The smallest absolute Gasteiger partial charge is 0.196 e. The molecule has 4 nitrogen and oxygen atoms in total. The molecule has 0 bridgehead atoms. The highest BCUT2D eigenvalue weighted by molar-refractivity contribution is 6.10. The van der Waals surface area contributed by atoms with Gasteiger partial charge in [0, 0.05) is 11.6 Å². The van der Waals surface area contributed by atoms with Crippen LogP contribution >= 0.6 is 0 Å². The molecule has 0 saturated heterocycles. The Hall–Kier alpha value is -2.49. The van der Waals surface area contributed by atoms with E-state index in [0.717, 1.165) is 0 Å². The number of phenols is 2. The van der Waals surface area contributed by atoms with Gasteiger partial charge in [0.05, 0.1) is 12.7 Å². The van der Waals surface area contributed by atoms with Crippen LogP contribution in [0.1, 0.15) is 28.4 Å². The van der Waals surface area contributed by atoms with Crippen LogP contribution in [0.25, 0.3) is 0 Å². The molecule has 0 aliphatic carbocycles. The molecule has 0 fully saturated rings. The number of phenolic OH excluding ortho intramolecular Hbond substituents is 2. The Labute approximate surface area is 117 Å². The topological polar surface area (TPSA) is 66.8 Å². The second-order valence-electron chi connectivity index (χ2n) is 4.41. The van der Waals surface area contributed by atoms with Crippen LogP contribution in [0.15, 0.2) is 36.4 Å². The summed E-state index contributed by atoms with van der Waals surface area (Å²) >= 11 is 0. The highest BCUT2D eigenvalue weighted by Gasteiger charge is 2.16. The average molecular weight is 272 g/mol. The van der Waals surface area contributed by atoms with Crippen molar-refractivity contribution in [3.05, 3.63) is 53.1 Å². The predicted octanol–water partition coefficient (Wildman–Crippen LogP) is 2.90. The Morgan fingerprint density at radius 3 is 2.30 bits per heavy atom. The number of benzene rings is 2. The molecule has 0 atom stereocenters. The molecule has 0 heterocycles. The molecule has 0 radical (unpaired) electrons. The Bertz CT molecular complexity index is 630. The Kier molecular flexibility index (Phi) is 3.94. The normalized spacial score (nSPS) is 10.3. The number of ketones is 1. The summed E-state index contributed by atoms with van der Waals surface area (Å²) < 4.78 is 5.04. The van der Waals surface area contributed by atoms with Crippen molar-refractivity contribution >= 4 is 5.78 Å². The molecule has 0 amide bonds. The van der Waals surface area contributed by atoms with Crippen LogP contribution < -0.4 is 4.74 Å². The fourth-order valence-corrected chi connectivity index (χ4v) is 1.99. The molecule has 0 saturated carbocycles. The van der Waals surface area contributed by atoms with Gasteiger partial charge in [-0.2, -0.15) is 0 Å². The monoisotopic (exact) mass is 272 g/mol. The van der Waals surface area contributed by atoms with Gasteiger partial charge in [-0.3, -0.25) is 4.79 Å². The first-order chi connectivity index (χ1) is 9.56. The summed E-state index contributed by atoms with van der Waals surface area (Å²) in [5.74, 6) is 0.141. The first kappa shape index (κ1) is 13.9. The Balaban J connectivity index is 2.41. The van der Waals surface area contributed by atoms with Gasteiger partial charge in [0.1, 0.15) is 17.2 Å². The number of aromatic hydroxyl groups is 2. The quantitative estimate of drug-likeness (QED) is 0.840. The summed E-state index contributed by atoms with van der Waals surface area (Å²) in [6, 6.07) is 9.38. The van der Waals surface area contributed by atoms with Crippen molar-refractivity contribution in [2.75, 3.05) is 7.11 Å². The van der Waals surface area contributed by atoms with Gasteiger partial charge in [0.25, 0.3) is 0 Å². The fourth-order valence-electron chi connectivity index (χ4n) is 1.99. The van der Waals surface area contributed by atoms with Crippen molar-refractivity contribution in [1.82, 2.24) is 0 Å². The van der Waals surface area contributed by atoms with Gasteiger partial charge in [-0.15, -0.1) is 0 Å². The van der Waals surface area contributed by atoms with Gasteiger partial charge < -0.3 is 14.9 Å². The van der Waals surface area contributed by atoms with E-state index in [1.807, 2.05) is 6.92 Å². The van der Waals surface area contributed by atoms with E-state index >= 15 is 0 Å². The van der Waals surface area contributed by atoms with Crippen molar-refractivity contribution in [2.24, 2.45) is 0 Å². The summed E-state index contributed by atoms with van der Waals surface area (Å²) in [5.41, 5.74) is 1.26. The van der Waals surface area contributed by atoms with Crippen LogP contribution in [-0.4, -0.2) is 23.1 Å². The van der Waals surface area contributed by atoms with E-state index in [2.05, 4.69) is 0 Å². The third-order valence-corrected chi connectivity index (χ3v) is 3.17. The van der Waals surface area contributed by atoms with Crippen LogP contribution in [0.2, 0.25) is 0 Å². The lowest BCUT2D eigenvalue weighted by atomic mass is 9.99. The first-order valence-electron chi connectivity index (χ1n) is 6.30. The van der Waals surface area contributed by atoms with E-state index < -0.39 is 0 Å². The minimum Gasteiger partial charge on any atom is -0.508 e. The summed E-state index contributed by atoms with van der Waals surface area (Å²) in [6.07, 6.45) is 0.578. The largest absolute Gasteiger partial charge is 0.508 e. The summed E-state index contributed by atoms with van der Waals surface area (Å²) in [4.78, 5) is 12.4. The standard InChI is InChI=1S/C16H16O4/c1-3-10-8-13(15(18)9-14(10)17)16(19)11-4-6-12(20-2)7-5-11/h4-9,17-18H,3H2,1-2H3. The van der Waals surface area contributed by atoms with E-state index in [1.165, 1.54) is 12.1 Å². The molecule has 4 heteroatoms. The molecule has 2 rings (SSSR count). The number of carbonyl (C=O) groups is 1. The van der Waals surface area contributed by atoms with Crippen LogP contribution in [-0.2, 0) is 6.42 Å². The molecule has 0 aromatic heterocycles. The average Bonchev–Trinajstić information content (AvgIpc) is 2.47. The number of carbonyl (C=O) groups excluding carboxylic acids is 1. The van der Waals surface area contributed by atoms with Gasteiger partial charge in [0.2, 0.25) is 0 Å². The third kappa shape index (κ3) is 2.59. The van der Waals surface area contributed by atoms with E-state index in [9.17, 15) is 15.0 Å². The Morgan fingerprint density at radius 1 is 1.10 bits per heavy atom. The van der Waals surface area contributed by atoms with Gasteiger partial charge in [-0.25, -0.2) is 0 Å². The lowest BCUT2D eigenvalue weighted by molar-refractivity contribution is 0.103. The van der Waals surface area contributed by atoms with E-state index in [4.69, 9.17) is 4.74 Å². The van der Waals surface area contributed by atoms with E-state index in [-0.39, 0.29) is 22.8 Å². The summed E-state index contributed by atoms with van der Waals surface area (Å²) in [7, 11) is 1.55. The molecule has 104 valence electrons. The highest BCUT2D eigenvalue weighted by Crippen LogP contribution is 2.29. The molecule has 0 spiro atoms. The maximum atomic E-state index is 12.4. The molecule has 2 N–H and O–H groups in total. The summed E-state index contributed by atoms with van der Waals surface area (Å²) in [6.45, 7) is 1.87. The van der Waals surface area contributed by atoms with Gasteiger partial charge in [-0.1, -0.05) is 6.92 Å². The van der Waals surface area contributed by atoms with Gasteiger partial charge >= 0.3 is 0 Å². The minimum atomic E-state index is -0.292. The van der Waals surface area contributed by atoms with Crippen molar-refractivity contribution in [2.45, 2.75) is 13.3 Å². The number of rotatable bonds is 4. The maximum absolute atomic E-state index is 12.4. The maximum Gasteiger partial charge on any atom is 0.196 e. The number of methoxy groups -OCH3 is 1.